The molecule has 6 rings (SSSR count). The number of nitrogens with zero attached hydrogens (tertiary/aromatic N) is 2. The van der Waals surface area contributed by atoms with Crippen molar-refractivity contribution in [2.75, 3.05) is 34.9 Å². The Labute approximate surface area is 268 Å². The fourth-order valence-corrected chi connectivity index (χ4v) is 5.97. The summed E-state index contributed by atoms with van der Waals surface area (Å²) >= 11 is 0. The van der Waals surface area contributed by atoms with E-state index in [9.17, 15) is 9.90 Å². The van der Waals surface area contributed by atoms with E-state index in [1.165, 1.54) is 12.7 Å². The molecule has 0 saturated heterocycles. The minimum absolute atomic E-state index is 0.0709. The first kappa shape index (κ1) is 30.7. The van der Waals surface area contributed by atoms with Crippen LogP contribution in [0.2, 0.25) is 0 Å². The Morgan fingerprint density at radius 2 is 1.61 bits per heavy atom. The van der Waals surface area contributed by atoms with E-state index < -0.39 is 0 Å². The van der Waals surface area contributed by atoms with Crippen LogP contribution in [0.4, 0.5) is 0 Å². The lowest BCUT2D eigenvalue weighted by Crippen LogP contribution is -2.33. The normalized spacial score (nSPS) is 14.4. The molecule has 1 atom stereocenters. The molecule has 5 aromatic rings. The number of hydrogen-bond donors (Lipinski definition) is 1. The molecule has 0 amide bonds. The molecule has 9 nitrogen and oxygen atoms in total. The monoisotopic (exact) mass is 621 g/mol. The number of aryl methyl sites for hydroxylation is 1. The van der Waals surface area contributed by atoms with E-state index in [2.05, 4.69) is 24.1 Å². The van der Waals surface area contributed by atoms with Crippen molar-refractivity contribution in [3.63, 3.8) is 0 Å². The van der Waals surface area contributed by atoms with E-state index in [-0.39, 0.29) is 11.8 Å². The Kier molecular flexibility index (Phi) is 8.68. The molecule has 0 unspecified atom stereocenters. The van der Waals surface area contributed by atoms with Crippen LogP contribution in [0.1, 0.15) is 33.1 Å². The number of ether oxygens (including phenoxy) is 5. The number of phenolic OH excluding ortho intramolecular Hbond substituents is 1. The Balaban J connectivity index is 1.31. The van der Waals surface area contributed by atoms with Crippen molar-refractivity contribution in [3.05, 3.63) is 101 Å². The second-order valence-corrected chi connectivity index (χ2v) is 11.4. The first-order valence-corrected chi connectivity index (χ1v) is 15.0. The van der Waals surface area contributed by atoms with Crippen LogP contribution in [0.25, 0.3) is 10.8 Å². The van der Waals surface area contributed by atoms with E-state index in [1.54, 1.807) is 38.5 Å². The number of rotatable bonds is 10. The molecule has 0 spiro atoms. The van der Waals surface area contributed by atoms with Crippen LogP contribution in [0.3, 0.4) is 0 Å². The molecule has 1 aromatic heterocycles. The zero-order valence-electron chi connectivity index (χ0n) is 26.6. The van der Waals surface area contributed by atoms with Crippen LogP contribution >= 0.6 is 0 Å². The highest BCUT2D eigenvalue weighted by Crippen LogP contribution is 2.47. The number of carbonyl (C=O) groups excluding carboxylic acids is 1. The van der Waals surface area contributed by atoms with E-state index in [0.717, 1.165) is 47.6 Å². The first-order valence-electron chi connectivity index (χ1n) is 15.0. The molecule has 0 radical (unpaired) electrons. The van der Waals surface area contributed by atoms with Gasteiger partial charge in [-0.3, -0.25) is 9.69 Å². The van der Waals surface area contributed by atoms with Crippen LogP contribution in [0.5, 0.6) is 46.0 Å². The van der Waals surface area contributed by atoms with Gasteiger partial charge in [0, 0.05) is 29.6 Å². The van der Waals surface area contributed by atoms with Crippen molar-refractivity contribution in [1.29, 1.82) is 0 Å². The van der Waals surface area contributed by atoms with Crippen molar-refractivity contribution in [2.24, 2.45) is 7.05 Å². The molecule has 0 fully saturated rings. The van der Waals surface area contributed by atoms with Gasteiger partial charge in [-0.1, -0.05) is 12.1 Å². The Hall–Kier alpha value is -5.28. The maximum absolute atomic E-state index is 11.3. The molecule has 0 bridgehead atoms. The number of carbonyl (C=O) groups is 1. The standard InChI is InChI=1S/C37H36N2O7/c1-38-14-12-26-19-35(44-5)36(41)37(29(26)21-38)46-34-20-28-25(18-32(34)43-4)13-15-39(2)30(28)16-23-6-9-27(10-7-23)45-33-17-24(22-40)8-11-31(33)42-3/h6-12,14,17-22,30H,13,15-16H2,1-5H3/p+1/t30-/m0/s1. The minimum Gasteiger partial charge on any atom is -0.502 e. The number of likely N-dealkylation sites (N-methyl/N-ethyl adjacent to an activating group) is 1. The van der Waals surface area contributed by atoms with Crippen molar-refractivity contribution < 1.29 is 38.2 Å². The Morgan fingerprint density at radius 1 is 0.870 bits per heavy atom. The highest BCUT2D eigenvalue weighted by Gasteiger charge is 2.28. The molecular weight excluding hydrogens is 584 g/mol. The SMILES string of the molecule is COc1ccc(C=O)cc1Oc1ccc(C[C@H]2c3cc(Oc4c(O)c(OC)cc5cc[n+](C)cc45)c(OC)cc3CCN2C)cc1. The number of aromatic nitrogens is 1. The number of methoxy groups -OCH3 is 3. The van der Waals surface area contributed by atoms with Gasteiger partial charge in [0.15, 0.2) is 46.9 Å². The quantitative estimate of drug-likeness (QED) is 0.139. The Bertz CT molecular complexity index is 1910. The first-order chi connectivity index (χ1) is 22.3. The molecule has 46 heavy (non-hydrogen) atoms. The second-order valence-electron chi connectivity index (χ2n) is 11.4. The maximum atomic E-state index is 11.3. The number of aldehydes is 1. The molecule has 0 aliphatic carbocycles. The highest BCUT2D eigenvalue weighted by atomic mass is 16.5. The molecule has 4 aromatic carbocycles. The largest absolute Gasteiger partial charge is 0.502 e. The van der Waals surface area contributed by atoms with Crippen LogP contribution in [0.15, 0.2) is 79.1 Å². The summed E-state index contributed by atoms with van der Waals surface area (Å²) in [5, 5.41) is 12.8. The lowest BCUT2D eigenvalue weighted by molar-refractivity contribution is -0.670. The van der Waals surface area contributed by atoms with Crippen LogP contribution < -0.4 is 28.3 Å². The van der Waals surface area contributed by atoms with Crippen LogP contribution in [-0.2, 0) is 19.9 Å². The van der Waals surface area contributed by atoms with Gasteiger partial charge in [-0.15, -0.1) is 0 Å². The average Bonchev–Trinajstić information content (AvgIpc) is 3.07. The summed E-state index contributed by atoms with van der Waals surface area (Å²) < 4.78 is 31.2. The van der Waals surface area contributed by atoms with E-state index in [4.69, 9.17) is 23.7 Å². The van der Waals surface area contributed by atoms with Crippen LogP contribution in [-0.4, -0.2) is 51.2 Å². The van der Waals surface area contributed by atoms with Crippen molar-refractivity contribution in [2.45, 2.75) is 18.9 Å². The third-order valence-electron chi connectivity index (χ3n) is 8.50. The number of pyridine rings is 1. The predicted octanol–water partition coefficient (Wildman–Crippen LogP) is 6.56. The lowest BCUT2D eigenvalue weighted by Gasteiger charge is -2.35. The molecule has 0 saturated carbocycles. The van der Waals surface area contributed by atoms with Gasteiger partial charge in [0.25, 0.3) is 0 Å². The van der Waals surface area contributed by atoms with Gasteiger partial charge in [0.2, 0.25) is 5.75 Å². The second kappa shape index (κ2) is 13.0. The number of fused-ring (bicyclic) bond motifs is 2. The predicted molar refractivity (Wildman–Crippen MR) is 174 cm³/mol. The number of phenols is 1. The number of benzene rings is 4. The highest BCUT2D eigenvalue weighted by molar-refractivity contribution is 5.92. The van der Waals surface area contributed by atoms with Gasteiger partial charge in [-0.2, -0.15) is 0 Å². The maximum Gasteiger partial charge on any atom is 0.202 e. The third kappa shape index (κ3) is 6.01. The third-order valence-corrected chi connectivity index (χ3v) is 8.50. The fourth-order valence-electron chi connectivity index (χ4n) is 5.97. The van der Waals surface area contributed by atoms with Gasteiger partial charge in [-0.25, -0.2) is 4.57 Å². The molecule has 9 heteroatoms. The van der Waals surface area contributed by atoms with Gasteiger partial charge in [-0.05, 0) is 85.1 Å². The van der Waals surface area contributed by atoms with Crippen LogP contribution in [0, 0.1) is 0 Å². The average molecular weight is 622 g/mol. The van der Waals surface area contributed by atoms with E-state index in [0.29, 0.717) is 45.8 Å². The number of aromatic hydroxyl groups is 1. The minimum atomic E-state index is -0.0764. The summed E-state index contributed by atoms with van der Waals surface area (Å²) in [5.74, 6) is 3.32. The topological polar surface area (TPSA) is 90.6 Å². The van der Waals surface area contributed by atoms with E-state index in [1.807, 2.05) is 54.3 Å². The van der Waals surface area contributed by atoms with E-state index >= 15 is 0 Å². The Morgan fingerprint density at radius 3 is 2.33 bits per heavy atom. The molecule has 1 aliphatic rings. The zero-order valence-corrected chi connectivity index (χ0v) is 26.6. The van der Waals surface area contributed by atoms with Gasteiger partial charge in [0.05, 0.1) is 26.7 Å². The molecular formula is C37H37N2O7+. The van der Waals surface area contributed by atoms with Gasteiger partial charge < -0.3 is 28.8 Å². The number of hydrogen-bond acceptors (Lipinski definition) is 8. The summed E-state index contributed by atoms with van der Waals surface area (Å²) in [5.41, 5.74) is 3.97. The molecule has 236 valence electrons. The van der Waals surface area contributed by atoms with Crippen molar-refractivity contribution in [3.8, 4) is 46.0 Å². The zero-order chi connectivity index (χ0) is 32.4. The van der Waals surface area contributed by atoms with Crippen molar-refractivity contribution >= 4 is 17.1 Å². The summed E-state index contributed by atoms with van der Waals surface area (Å²) in [6.45, 7) is 0.896. The molecule has 1 aliphatic heterocycles. The van der Waals surface area contributed by atoms with Crippen molar-refractivity contribution in [1.82, 2.24) is 4.90 Å². The smallest absolute Gasteiger partial charge is 0.202 e. The summed E-state index contributed by atoms with van der Waals surface area (Å²) in [6, 6.07) is 20.9. The summed E-state index contributed by atoms with van der Waals surface area (Å²) in [7, 11) is 8.76. The summed E-state index contributed by atoms with van der Waals surface area (Å²) in [6.07, 6.45) is 6.25. The van der Waals surface area contributed by atoms with Gasteiger partial charge in [0.1, 0.15) is 19.1 Å². The fraction of sp³-hybridized carbons (Fsp3) is 0.243. The van der Waals surface area contributed by atoms with Gasteiger partial charge >= 0.3 is 0 Å². The molecule has 1 N–H and O–H groups in total. The lowest BCUT2D eigenvalue weighted by atomic mass is 9.88. The molecule has 2 heterocycles. The summed E-state index contributed by atoms with van der Waals surface area (Å²) in [4.78, 5) is 13.6.